The molecule has 5 aromatic rings. The molecule has 3 nitrogen and oxygen atoms in total. The van der Waals surface area contributed by atoms with Crippen LogP contribution in [0.25, 0.3) is 44.8 Å². The van der Waals surface area contributed by atoms with Gasteiger partial charge in [0.05, 0.1) is 11.4 Å². The van der Waals surface area contributed by atoms with Gasteiger partial charge in [0.2, 0.25) is 0 Å². The molecular formula is C63H79NO2Zr-2. The third-order valence-corrected chi connectivity index (χ3v) is 17.9. The van der Waals surface area contributed by atoms with Crippen LogP contribution in [0.4, 0.5) is 0 Å². The molecule has 354 valence electrons. The summed E-state index contributed by atoms with van der Waals surface area (Å²) >= 11 is 0. The number of aromatic hydroxyl groups is 2. The van der Waals surface area contributed by atoms with E-state index >= 15 is 0 Å². The van der Waals surface area contributed by atoms with Crippen LogP contribution in [-0.4, -0.2) is 15.2 Å². The molecule has 8 saturated carbocycles. The SMILES string of the molecule is CCCCc1cc(-c2ccccc2-c2cc(C(C)(C)C)cc(C34CC5CC(CC(C5)C3)C4)c2O)nc(-c2ccccc2-c2cc(C(C)(C)C)cc(C34CC5CC(CC(C5)C3)C4)c2O)c1.[CH3-].[CH3-].[Zr]. The Bertz CT molecular complexity index is 2380. The standard InChI is InChI=1S/C61H73NO2.2CH3.Zr/c1-8-9-14-37-25-54(48-17-12-10-15-46(48)50-27-44(58(2,3)4)29-52(56(50)63)60-31-38-19-39(32-60)21-40(20-38)33-60)62-55(26-37)49-18-13-11-16-47(49)51-28-45(59(5,6)7)30-53(57(51)64)61-34-41-22-42(35-61)24-43(23-41)36-61;;;/h10-13,15-18,25-30,38-43,63-64H,8-9,14,19-24,31-36H2,1-7H3;2*1H3;/q;2*-1;. The van der Waals surface area contributed by atoms with Gasteiger partial charge in [-0.15, -0.1) is 0 Å². The molecule has 1 aromatic heterocycles. The van der Waals surface area contributed by atoms with Crippen LogP contribution in [0.15, 0.2) is 84.9 Å². The van der Waals surface area contributed by atoms with Gasteiger partial charge in [-0.05, 0) is 199 Å². The maximum Gasteiger partial charge on any atom is 0.127 e. The van der Waals surface area contributed by atoms with Gasteiger partial charge in [-0.1, -0.05) is 116 Å². The Morgan fingerprint density at radius 3 is 1.13 bits per heavy atom. The van der Waals surface area contributed by atoms with Crippen molar-refractivity contribution in [1.82, 2.24) is 4.98 Å². The fourth-order valence-electron chi connectivity index (χ4n) is 15.5. The van der Waals surface area contributed by atoms with E-state index < -0.39 is 0 Å². The number of phenolic OH excluding ortho intramolecular Hbond substituents is 2. The molecular weight excluding hydrogens is 894 g/mol. The zero-order valence-corrected chi connectivity index (χ0v) is 45.0. The van der Waals surface area contributed by atoms with Crippen LogP contribution in [-0.2, 0) is 54.3 Å². The molecule has 0 saturated heterocycles. The summed E-state index contributed by atoms with van der Waals surface area (Å²) in [6.45, 7) is 16.2. The number of benzene rings is 4. The monoisotopic (exact) mass is 972 g/mol. The van der Waals surface area contributed by atoms with Gasteiger partial charge in [-0.2, -0.15) is 0 Å². The molecule has 8 aliphatic rings. The van der Waals surface area contributed by atoms with E-state index in [2.05, 4.69) is 133 Å². The van der Waals surface area contributed by atoms with Crippen LogP contribution in [0.2, 0.25) is 0 Å². The van der Waals surface area contributed by atoms with Crippen molar-refractivity contribution in [3.63, 3.8) is 0 Å². The first-order valence-electron chi connectivity index (χ1n) is 25.5. The van der Waals surface area contributed by atoms with E-state index in [1.807, 2.05) is 0 Å². The average molecular weight is 974 g/mol. The number of pyridine rings is 1. The zero-order valence-electron chi connectivity index (χ0n) is 42.5. The van der Waals surface area contributed by atoms with Gasteiger partial charge in [-0.3, -0.25) is 0 Å². The predicted octanol–water partition coefficient (Wildman–Crippen LogP) is 16.9. The van der Waals surface area contributed by atoms with Crippen LogP contribution in [0.3, 0.4) is 0 Å². The minimum Gasteiger partial charge on any atom is -0.507 e. The minimum absolute atomic E-state index is 0. The van der Waals surface area contributed by atoms with Crippen LogP contribution < -0.4 is 0 Å². The molecule has 2 N–H and O–H groups in total. The number of nitrogens with zero attached hydrogens (tertiary/aromatic N) is 1. The van der Waals surface area contributed by atoms with Crippen molar-refractivity contribution in [1.29, 1.82) is 0 Å². The average Bonchev–Trinajstić information content (AvgIpc) is 3.24. The first-order chi connectivity index (χ1) is 30.6. The molecule has 8 fully saturated rings. The van der Waals surface area contributed by atoms with Gasteiger partial charge in [0.15, 0.2) is 0 Å². The number of aromatic nitrogens is 1. The second-order valence-corrected chi connectivity index (χ2v) is 24.7. The zero-order chi connectivity index (χ0) is 44.3. The Morgan fingerprint density at radius 1 is 0.493 bits per heavy atom. The topological polar surface area (TPSA) is 53.4 Å². The van der Waals surface area contributed by atoms with Crippen LogP contribution >= 0.6 is 0 Å². The van der Waals surface area contributed by atoms with Crippen molar-refractivity contribution in [2.24, 2.45) is 35.5 Å². The van der Waals surface area contributed by atoms with Crippen molar-refractivity contribution in [3.05, 3.63) is 128 Å². The van der Waals surface area contributed by atoms with E-state index in [9.17, 15) is 10.2 Å². The minimum atomic E-state index is -0.0744. The number of rotatable bonds is 9. The van der Waals surface area contributed by atoms with Gasteiger partial charge in [0, 0.05) is 59.6 Å². The van der Waals surface area contributed by atoms with E-state index in [1.165, 1.54) is 105 Å². The fourth-order valence-corrected chi connectivity index (χ4v) is 15.5. The largest absolute Gasteiger partial charge is 0.507 e. The summed E-state index contributed by atoms with van der Waals surface area (Å²) in [5, 5.41) is 25.6. The van der Waals surface area contributed by atoms with E-state index in [1.54, 1.807) is 0 Å². The molecule has 0 radical (unpaired) electrons. The summed E-state index contributed by atoms with van der Waals surface area (Å²) in [6, 6.07) is 31.5. The number of aryl methyl sites for hydroxylation is 1. The molecule has 8 aliphatic carbocycles. The van der Waals surface area contributed by atoms with Gasteiger partial charge >= 0.3 is 0 Å². The summed E-state index contributed by atoms with van der Waals surface area (Å²) < 4.78 is 0. The van der Waals surface area contributed by atoms with Crippen molar-refractivity contribution in [3.8, 4) is 56.3 Å². The molecule has 13 rings (SSSR count). The maximum absolute atomic E-state index is 12.8. The third kappa shape index (κ3) is 8.88. The van der Waals surface area contributed by atoms with Gasteiger partial charge in [-0.25, -0.2) is 4.98 Å². The Balaban J connectivity index is 0.00000203. The summed E-state index contributed by atoms with van der Waals surface area (Å²) in [7, 11) is 0. The van der Waals surface area contributed by atoms with E-state index in [0.717, 1.165) is 99.5 Å². The summed E-state index contributed by atoms with van der Waals surface area (Å²) in [6.07, 6.45) is 18.7. The first-order valence-corrected chi connectivity index (χ1v) is 25.5. The molecule has 1 heterocycles. The second-order valence-electron chi connectivity index (χ2n) is 24.7. The molecule has 0 amide bonds. The second kappa shape index (κ2) is 18.4. The molecule has 0 spiro atoms. The van der Waals surface area contributed by atoms with Crippen LogP contribution in [0.5, 0.6) is 11.5 Å². The summed E-state index contributed by atoms with van der Waals surface area (Å²) in [4.78, 5) is 5.65. The Hall–Kier alpha value is -3.49. The van der Waals surface area contributed by atoms with Gasteiger partial charge in [0.25, 0.3) is 0 Å². The fraction of sp³-hybridized carbons (Fsp3) is 0.508. The van der Waals surface area contributed by atoms with Crippen molar-refractivity contribution < 1.29 is 36.4 Å². The number of hydrogen-bond donors (Lipinski definition) is 2. The quantitative estimate of drug-likeness (QED) is 0.145. The van der Waals surface area contributed by atoms with E-state index in [0.29, 0.717) is 11.5 Å². The molecule has 67 heavy (non-hydrogen) atoms. The molecule has 4 aromatic carbocycles. The smallest absolute Gasteiger partial charge is 0.127 e. The number of unbranched alkanes of at least 4 members (excludes halogenated alkanes) is 1. The van der Waals surface area contributed by atoms with Crippen molar-refractivity contribution >= 4 is 0 Å². The Labute approximate surface area is 424 Å². The van der Waals surface area contributed by atoms with Crippen LogP contribution in [0, 0.1) is 50.4 Å². The van der Waals surface area contributed by atoms with E-state index in [-0.39, 0.29) is 62.7 Å². The number of phenols is 2. The normalized spacial score (nSPS) is 27.9. The first kappa shape index (κ1) is 49.9. The summed E-state index contributed by atoms with van der Waals surface area (Å²) in [5.41, 5.74) is 14.2. The van der Waals surface area contributed by atoms with Gasteiger partial charge < -0.3 is 25.1 Å². The Morgan fingerprint density at radius 2 is 0.821 bits per heavy atom. The van der Waals surface area contributed by atoms with Crippen molar-refractivity contribution in [2.45, 2.75) is 166 Å². The van der Waals surface area contributed by atoms with E-state index in [4.69, 9.17) is 4.98 Å². The molecule has 0 unspecified atom stereocenters. The van der Waals surface area contributed by atoms with Crippen LogP contribution in [0.1, 0.15) is 166 Å². The predicted molar refractivity (Wildman–Crippen MR) is 278 cm³/mol. The number of hydrogen-bond acceptors (Lipinski definition) is 3. The van der Waals surface area contributed by atoms with Gasteiger partial charge in [0.1, 0.15) is 11.5 Å². The molecule has 0 aliphatic heterocycles. The van der Waals surface area contributed by atoms with Crippen molar-refractivity contribution in [2.75, 3.05) is 0 Å². The molecule has 8 bridgehead atoms. The third-order valence-electron chi connectivity index (χ3n) is 17.9. The molecule has 4 heteroatoms. The molecule has 0 atom stereocenters. The maximum atomic E-state index is 12.8. The Kier molecular flexibility index (Phi) is 13.7. The summed E-state index contributed by atoms with van der Waals surface area (Å²) in [5.74, 6) is 5.71.